The fourth-order valence-corrected chi connectivity index (χ4v) is 2.63. The zero-order chi connectivity index (χ0) is 12.1. The molecule has 4 rings (SSSR count). The maximum atomic E-state index is 11.5. The molecule has 4 aromatic heterocycles. The number of fused-ring (bicyclic) bond motifs is 3. The molecule has 0 aliphatic heterocycles. The van der Waals surface area contributed by atoms with Crippen molar-refractivity contribution in [2.75, 3.05) is 0 Å². The first-order chi connectivity index (χ1) is 8.83. The van der Waals surface area contributed by atoms with E-state index in [0.29, 0.717) is 26.8 Å². The van der Waals surface area contributed by atoms with Gasteiger partial charge in [0.15, 0.2) is 16.3 Å². The van der Waals surface area contributed by atoms with E-state index in [2.05, 4.69) is 20.3 Å². The molecule has 0 aliphatic rings. The van der Waals surface area contributed by atoms with Gasteiger partial charge in [-0.05, 0) is 12.1 Å². The fourth-order valence-electron chi connectivity index (χ4n) is 1.75. The average molecular weight is 259 g/mol. The lowest BCUT2D eigenvalue weighted by molar-refractivity contribution is 0.581. The van der Waals surface area contributed by atoms with Crippen molar-refractivity contribution in [2.45, 2.75) is 0 Å². The normalized spacial score (nSPS) is 11.6. The molecule has 0 radical (unpaired) electrons. The van der Waals surface area contributed by atoms with Gasteiger partial charge in [-0.25, -0.2) is 14.6 Å². The molecule has 0 spiro atoms. The minimum Gasteiger partial charge on any atom is -0.462 e. The molecule has 0 atom stereocenters. The van der Waals surface area contributed by atoms with E-state index in [1.807, 2.05) is 6.07 Å². The number of aromatic nitrogens is 5. The van der Waals surface area contributed by atoms with Crippen LogP contribution in [0, 0.1) is 0 Å². The summed E-state index contributed by atoms with van der Waals surface area (Å²) in [7, 11) is 0. The Balaban J connectivity index is 2.08. The van der Waals surface area contributed by atoms with Gasteiger partial charge < -0.3 is 4.42 Å². The monoisotopic (exact) mass is 259 g/mol. The topological polar surface area (TPSA) is 89.1 Å². The summed E-state index contributed by atoms with van der Waals surface area (Å²) in [6.45, 7) is 0. The summed E-state index contributed by atoms with van der Waals surface area (Å²) in [5, 5.41) is 11.2. The first-order valence-corrected chi connectivity index (χ1v) is 5.91. The maximum Gasteiger partial charge on any atom is 0.292 e. The maximum absolute atomic E-state index is 11.5. The summed E-state index contributed by atoms with van der Waals surface area (Å²) < 4.78 is 6.87. The number of furan rings is 1. The van der Waals surface area contributed by atoms with Crippen LogP contribution in [0.5, 0.6) is 0 Å². The first-order valence-electron chi connectivity index (χ1n) is 5.10. The van der Waals surface area contributed by atoms with Crippen LogP contribution in [-0.2, 0) is 0 Å². The Bertz CT molecular complexity index is 901. The molecule has 0 saturated carbocycles. The summed E-state index contributed by atoms with van der Waals surface area (Å²) >= 11 is 1.36. The van der Waals surface area contributed by atoms with Crippen molar-refractivity contribution < 1.29 is 4.42 Å². The highest BCUT2D eigenvalue weighted by molar-refractivity contribution is 7.19. The number of nitrogens with one attached hydrogen (secondary N) is 1. The Morgan fingerprint density at radius 3 is 3.22 bits per heavy atom. The molecule has 4 heterocycles. The van der Waals surface area contributed by atoms with Crippen LogP contribution in [0.3, 0.4) is 0 Å². The van der Waals surface area contributed by atoms with Crippen LogP contribution >= 0.6 is 11.3 Å². The number of hydrogen-bond donors (Lipinski definition) is 1. The third-order valence-electron chi connectivity index (χ3n) is 2.54. The molecular formula is C10H5N5O2S. The van der Waals surface area contributed by atoms with Crippen LogP contribution in [0.25, 0.3) is 26.8 Å². The number of rotatable bonds is 1. The van der Waals surface area contributed by atoms with Gasteiger partial charge >= 0.3 is 0 Å². The second kappa shape index (κ2) is 3.26. The Morgan fingerprint density at radius 2 is 2.39 bits per heavy atom. The van der Waals surface area contributed by atoms with E-state index in [-0.39, 0.29) is 5.56 Å². The fraction of sp³-hybridized carbons (Fsp3) is 0. The molecule has 0 saturated heterocycles. The van der Waals surface area contributed by atoms with Crippen molar-refractivity contribution in [1.82, 2.24) is 24.8 Å². The largest absolute Gasteiger partial charge is 0.462 e. The van der Waals surface area contributed by atoms with E-state index in [9.17, 15) is 4.79 Å². The van der Waals surface area contributed by atoms with Crippen LogP contribution in [0.1, 0.15) is 0 Å². The lowest BCUT2D eigenvalue weighted by atomic mass is 10.5. The van der Waals surface area contributed by atoms with Crippen molar-refractivity contribution in [1.29, 1.82) is 0 Å². The van der Waals surface area contributed by atoms with E-state index in [1.54, 1.807) is 16.8 Å². The zero-order valence-electron chi connectivity index (χ0n) is 8.82. The Morgan fingerprint density at radius 1 is 1.44 bits per heavy atom. The van der Waals surface area contributed by atoms with Crippen LogP contribution in [0.2, 0.25) is 0 Å². The summed E-state index contributed by atoms with van der Waals surface area (Å²) in [6.07, 6.45) is 3.12. The van der Waals surface area contributed by atoms with Crippen molar-refractivity contribution >= 4 is 27.3 Å². The van der Waals surface area contributed by atoms with E-state index in [4.69, 9.17) is 4.42 Å². The molecule has 0 aromatic carbocycles. The molecule has 1 N–H and O–H groups in total. The van der Waals surface area contributed by atoms with Crippen LogP contribution in [0.4, 0.5) is 0 Å². The van der Waals surface area contributed by atoms with Gasteiger partial charge in [-0.1, -0.05) is 11.3 Å². The van der Waals surface area contributed by atoms with Crippen molar-refractivity contribution in [2.24, 2.45) is 0 Å². The van der Waals surface area contributed by atoms with E-state index in [0.717, 1.165) is 0 Å². The number of nitrogens with zero attached hydrogens (tertiary/aromatic N) is 4. The van der Waals surface area contributed by atoms with Gasteiger partial charge in [0.2, 0.25) is 4.96 Å². The number of H-pyrrole nitrogens is 1. The highest BCUT2D eigenvalue weighted by Gasteiger charge is 2.15. The van der Waals surface area contributed by atoms with Crippen molar-refractivity contribution in [3.8, 4) is 10.8 Å². The lowest BCUT2D eigenvalue weighted by Crippen LogP contribution is -2.07. The van der Waals surface area contributed by atoms with Gasteiger partial charge in [0, 0.05) is 0 Å². The predicted octanol–water partition coefficient (Wildman–Crippen LogP) is 1.29. The van der Waals surface area contributed by atoms with Gasteiger partial charge in [-0.15, -0.1) is 0 Å². The van der Waals surface area contributed by atoms with Gasteiger partial charge in [-0.3, -0.25) is 4.79 Å². The van der Waals surface area contributed by atoms with Gasteiger partial charge in [0.05, 0.1) is 12.5 Å². The van der Waals surface area contributed by atoms with Crippen LogP contribution in [-0.4, -0.2) is 24.8 Å². The Hall–Kier alpha value is -2.48. The number of imidazole rings is 1. The standard InChI is InChI=1S/C10H5N5O2S/c16-8-7-5(4-11-13-8)15-10(12-7)18-9(14-15)6-2-1-3-17-6/h1-4H,(H,13,16). The van der Waals surface area contributed by atoms with Crippen LogP contribution < -0.4 is 5.56 Å². The minimum absolute atomic E-state index is 0.315. The van der Waals surface area contributed by atoms with E-state index < -0.39 is 0 Å². The third-order valence-corrected chi connectivity index (χ3v) is 3.46. The molecule has 88 valence electrons. The summed E-state index contributed by atoms with van der Waals surface area (Å²) in [5.74, 6) is 0.677. The molecule has 18 heavy (non-hydrogen) atoms. The third kappa shape index (κ3) is 1.17. The summed E-state index contributed by atoms with van der Waals surface area (Å²) in [4.78, 5) is 16.4. The Labute approximate surface area is 103 Å². The summed E-state index contributed by atoms with van der Waals surface area (Å²) in [5.41, 5.74) is 0.613. The zero-order valence-corrected chi connectivity index (χ0v) is 9.64. The van der Waals surface area contributed by atoms with E-state index in [1.165, 1.54) is 17.5 Å². The highest BCUT2D eigenvalue weighted by atomic mass is 32.1. The van der Waals surface area contributed by atoms with Crippen molar-refractivity contribution in [3.05, 3.63) is 34.9 Å². The number of hydrogen-bond acceptors (Lipinski definition) is 6. The predicted molar refractivity (Wildman–Crippen MR) is 64.5 cm³/mol. The average Bonchev–Trinajstić information content (AvgIpc) is 3.03. The second-order valence-electron chi connectivity index (χ2n) is 3.62. The van der Waals surface area contributed by atoms with E-state index >= 15 is 0 Å². The molecule has 0 unspecified atom stereocenters. The number of aromatic amines is 1. The Kier molecular flexibility index (Phi) is 1.73. The first kappa shape index (κ1) is 9.54. The van der Waals surface area contributed by atoms with Gasteiger partial charge in [0.25, 0.3) is 5.56 Å². The van der Waals surface area contributed by atoms with Gasteiger partial charge in [-0.2, -0.15) is 10.2 Å². The quantitative estimate of drug-likeness (QED) is 0.556. The smallest absolute Gasteiger partial charge is 0.292 e. The van der Waals surface area contributed by atoms with Crippen molar-refractivity contribution in [3.63, 3.8) is 0 Å². The molecule has 7 nitrogen and oxygen atoms in total. The SMILES string of the molecule is O=c1[nH]ncc2c1nc1sc(-c3ccco3)nn12. The molecule has 0 bridgehead atoms. The molecule has 4 aromatic rings. The molecule has 0 aliphatic carbocycles. The minimum atomic E-state index is -0.315. The van der Waals surface area contributed by atoms with Gasteiger partial charge in [0.1, 0.15) is 5.52 Å². The second-order valence-corrected chi connectivity index (χ2v) is 4.58. The molecule has 0 fully saturated rings. The highest BCUT2D eigenvalue weighted by Crippen LogP contribution is 2.27. The summed E-state index contributed by atoms with van der Waals surface area (Å²) in [6, 6.07) is 3.62. The van der Waals surface area contributed by atoms with Crippen LogP contribution in [0.15, 0.2) is 33.8 Å². The molecule has 8 heteroatoms. The molecular weight excluding hydrogens is 254 g/mol. The lowest BCUT2D eigenvalue weighted by Gasteiger charge is -1.88. The molecule has 0 amide bonds.